The lowest BCUT2D eigenvalue weighted by Crippen LogP contribution is -2.49. The fraction of sp³-hybridized carbons (Fsp3) is 0.320. The summed E-state index contributed by atoms with van der Waals surface area (Å²) >= 11 is 0. The first-order valence-corrected chi connectivity index (χ1v) is 11.2. The van der Waals surface area contributed by atoms with E-state index < -0.39 is 23.8 Å². The van der Waals surface area contributed by atoms with Crippen LogP contribution in [0.4, 0.5) is 24.5 Å². The summed E-state index contributed by atoms with van der Waals surface area (Å²) in [5.74, 6) is -0.742. The molecule has 7 nitrogen and oxygen atoms in total. The third-order valence-electron chi connectivity index (χ3n) is 6.37. The number of aryl methyl sites for hydroxylation is 1. The van der Waals surface area contributed by atoms with Crippen LogP contribution in [0.3, 0.4) is 0 Å². The number of carbonyl (C=O) groups excluding carboxylic acids is 1. The van der Waals surface area contributed by atoms with Gasteiger partial charge in [-0.1, -0.05) is 6.07 Å². The van der Waals surface area contributed by atoms with Crippen molar-refractivity contribution in [3.8, 4) is 11.1 Å². The fourth-order valence-electron chi connectivity index (χ4n) is 4.57. The Hall–Kier alpha value is -3.50. The fourth-order valence-corrected chi connectivity index (χ4v) is 4.57. The van der Waals surface area contributed by atoms with Crippen LogP contribution in [-0.4, -0.2) is 46.8 Å². The Morgan fingerprint density at radius 2 is 2.03 bits per heavy atom. The minimum atomic E-state index is -4.57. The van der Waals surface area contributed by atoms with Crippen LogP contribution in [0.15, 0.2) is 48.8 Å². The molecule has 2 atom stereocenters. The van der Waals surface area contributed by atoms with Crippen LogP contribution in [0.25, 0.3) is 11.1 Å². The van der Waals surface area contributed by atoms with Crippen LogP contribution in [0, 0.1) is 6.92 Å². The maximum atomic E-state index is 13.0. The van der Waals surface area contributed by atoms with Gasteiger partial charge in [-0.25, -0.2) is 0 Å². The minimum absolute atomic E-state index is 0.0787. The maximum absolute atomic E-state index is 13.0. The average molecular weight is 484 g/mol. The normalized spacial score (nSPS) is 19.6. The summed E-state index contributed by atoms with van der Waals surface area (Å²) in [5, 5.41) is 13.2. The number of carbonyl (C=O) groups is 1. The first kappa shape index (κ1) is 23.3. The highest BCUT2D eigenvalue weighted by Gasteiger charge is 2.35. The van der Waals surface area contributed by atoms with E-state index in [9.17, 15) is 23.1 Å². The zero-order valence-corrected chi connectivity index (χ0v) is 18.8. The predicted molar refractivity (Wildman–Crippen MR) is 123 cm³/mol. The number of alkyl halides is 3. The highest BCUT2D eigenvalue weighted by Crippen LogP contribution is 2.39. The second-order valence-electron chi connectivity index (χ2n) is 8.71. The number of aliphatic hydroxyl groups excluding tert-OH is 1. The molecule has 2 aliphatic heterocycles. The quantitative estimate of drug-likeness (QED) is 0.574. The van der Waals surface area contributed by atoms with Gasteiger partial charge in [0.05, 0.1) is 36.2 Å². The van der Waals surface area contributed by atoms with Crippen LogP contribution in [0.5, 0.6) is 0 Å². The number of aromatic nitrogens is 2. The largest absolute Gasteiger partial charge is 0.416 e. The van der Waals surface area contributed by atoms with E-state index in [0.29, 0.717) is 37.6 Å². The van der Waals surface area contributed by atoms with Crippen LogP contribution in [0.2, 0.25) is 0 Å². The number of halogens is 3. The Kier molecular flexibility index (Phi) is 5.94. The molecule has 0 spiro atoms. The van der Waals surface area contributed by atoms with E-state index >= 15 is 0 Å². The number of hydrogen-bond acceptors (Lipinski definition) is 6. The molecule has 2 aromatic heterocycles. The zero-order valence-electron chi connectivity index (χ0n) is 18.8. The highest BCUT2D eigenvalue weighted by atomic mass is 19.4. The monoisotopic (exact) mass is 484 g/mol. The number of anilines is 2. The van der Waals surface area contributed by atoms with Gasteiger partial charge in [0.1, 0.15) is 11.8 Å². The van der Waals surface area contributed by atoms with Crippen LogP contribution in [-0.2, 0) is 10.9 Å². The molecule has 2 N–H and O–H groups in total. The number of amides is 1. The van der Waals surface area contributed by atoms with E-state index in [4.69, 9.17) is 4.74 Å². The van der Waals surface area contributed by atoms with Gasteiger partial charge in [-0.2, -0.15) is 13.2 Å². The number of ether oxygens (including phenoxy) is 1. The Labute approximate surface area is 199 Å². The number of morpholine rings is 1. The van der Waals surface area contributed by atoms with Gasteiger partial charge in [-0.15, -0.1) is 0 Å². The van der Waals surface area contributed by atoms with Crippen molar-refractivity contribution in [2.75, 3.05) is 30.0 Å². The van der Waals surface area contributed by atoms with Gasteiger partial charge in [0.25, 0.3) is 5.91 Å². The number of nitrogens with zero attached hydrogens (tertiary/aromatic N) is 3. The van der Waals surface area contributed by atoms with Gasteiger partial charge < -0.3 is 20.1 Å². The van der Waals surface area contributed by atoms with Gasteiger partial charge in [0.15, 0.2) is 0 Å². The SMILES string of the molecule is Cc1ccc(NC(=O)c2cc(C(F)(F)F)ccn2)cc1-c1cnc2c(c1)N1CCOCC1CC2O. The van der Waals surface area contributed by atoms with Crippen molar-refractivity contribution >= 4 is 17.3 Å². The van der Waals surface area contributed by atoms with Gasteiger partial charge in [0.2, 0.25) is 0 Å². The third kappa shape index (κ3) is 4.59. The van der Waals surface area contributed by atoms with Crippen molar-refractivity contribution in [1.82, 2.24) is 9.97 Å². The van der Waals surface area contributed by atoms with Crippen molar-refractivity contribution < 1.29 is 27.8 Å². The molecule has 0 radical (unpaired) electrons. The molecule has 0 aliphatic carbocycles. The van der Waals surface area contributed by atoms with Crippen LogP contribution >= 0.6 is 0 Å². The Bertz CT molecular complexity index is 1280. The molecule has 1 amide bonds. The summed E-state index contributed by atoms with van der Waals surface area (Å²) in [6.45, 7) is 3.76. The van der Waals surface area contributed by atoms with Gasteiger partial charge in [0, 0.05) is 36.6 Å². The van der Waals surface area contributed by atoms with Crippen LogP contribution < -0.4 is 10.2 Å². The van der Waals surface area contributed by atoms with Gasteiger partial charge in [-0.3, -0.25) is 14.8 Å². The lowest BCUT2D eigenvalue weighted by molar-refractivity contribution is -0.137. The molecular formula is C25H23F3N4O3. The third-order valence-corrected chi connectivity index (χ3v) is 6.37. The molecule has 0 bridgehead atoms. The number of hydrogen-bond donors (Lipinski definition) is 2. The van der Waals surface area contributed by atoms with Gasteiger partial charge in [-0.05, 0) is 48.4 Å². The summed E-state index contributed by atoms with van der Waals surface area (Å²) in [6.07, 6.45) is -2.03. The van der Waals surface area contributed by atoms with E-state index in [0.717, 1.165) is 40.7 Å². The average Bonchev–Trinajstić information content (AvgIpc) is 2.84. The first-order chi connectivity index (χ1) is 16.7. The number of nitrogens with one attached hydrogen (secondary N) is 1. The standard InChI is InChI=1S/C25H23F3N4O3/c1-14-2-3-17(31-24(34)20-9-16(4-5-29-20)25(26,27)28)10-19(14)15-8-21-23(30-12-15)22(33)11-18-13-35-7-6-32(18)21/h2-5,8-10,12,18,22,33H,6-7,11,13H2,1H3,(H,31,34). The first-order valence-electron chi connectivity index (χ1n) is 11.2. The van der Waals surface area contributed by atoms with Crippen LogP contribution in [0.1, 0.15) is 39.8 Å². The molecule has 1 aromatic carbocycles. The molecular weight excluding hydrogens is 461 g/mol. The number of benzene rings is 1. The van der Waals surface area contributed by atoms with Crippen molar-refractivity contribution in [3.63, 3.8) is 0 Å². The molecule has 5 rings (SSSR count). The molecule has 35 heavy (non-hydrogen) atoms. The van der Waals surface area contributed by atoms with E-state index in [1.165, 1.54) is 0 Å². The van der Waals surface area contributed by atoms with E-state index in [1.54, 1.807) is 18.3 Å². The number of rotatable bonds is 3. The lowest BCUT2D eigenvalue weighted by atomic mass is 9.94. The molecule has 182 valence electrons. The second kappa shape index (κ2) is 8.94. The zero-order chi connectivity index (χ0) is 24.7. The molecule has 10 heteroatoms. The van der Waals surface area contributed by atoms with Crippen molar-refractivity contribution in [1.29, 1.82) is 0 Å². The molecule has 1 saturated heterocycles. The topological polar surface area (TPSA) is 87.6 Å². The van der Waals surface area contributed by atoms with E-state index in [1.807, 2.05) is 19.1 Å². The second-order valence-corrected chi connectivity index (χ2v) is 8.71. The highest BCUT2D eigenvalue weighted by molar-refractivity contribution is 6.03. The smallest absolute Gasteiger partial charge is 0.387 e. The summed E-state index contributed by atoms with van der Waals surface area (Å²) < 4.78 is 44.6. The molecule has 3 aromatic rings. The minimum Gasteiger partial charge on any atom is -0.387 e. The number of aliphatic hydroxyl groups is 1. The van der Waals surface area contributed by atoms with Crippen molar-refractivity contribution in [2.45, 2.75) is 31.7 Å². The molecule has 4 heterocycles. The molecule has 2 aliphatic rings. The maximum Gasteiger partial charge on any atom is 0.416 e. The van der Waals surface area contributed by atoms with E-state index in [2.05, 4.69) is 20.2 Å². The number of pyridine rings is 2. The number of fused-ring (bicyclic) bond motifs is 3. The van der Waals surface area contributed by atoms with Crippen molar-refractivity contribution in [3.05, 3.63) is 71.3 Å². The Morgan fingerprint density at radius 3 is 2.83 bits per heavy atom. The molecule has 0 saturated carbocycles. The van der Waals surface area contributed by atoms with Gasteiger partial charge >= 0.3 is 6.18 Å². The van der Waals surface area contributed by atoms with Crippen molar-refractivity contribution in [2.24, 2.45) is 0 Å². The Morgan fingerprint density at radius 1 is 1.20 bits per heavy atom. The summed E-state index contributed by atoms with van der Waals surface area (Å²) in [4.78, 5) is 23.1. The molecule has 2 unspecified atom stereocenters. The predicted octanol–water partition coefficient (Wildman–Crippen LogP) is 4.37. The summed E-state index contributed by atoms with van der Waals surface area (Å²) in [5.41, 5.74) is 3.17. The lowest BCUT2D eigenvalue weighted by Gasteiger charge is -2.43. The van der Waals surface area contributed by atoms with E-state index in [-0.39, 0.29) is 11.7 Å². The summed E-state index contributed by atoms with van der Waals surface area (Å²) in [6, 6.07) is 8.84. The molecule has 1 fully saturated rings. The Balaban J connectivity index is 1.44. The summed E-state index contributed by atoms with van der Waals surface area (Å²) in [7, 11) is 0.